The first-order valence-electron chi connectivity index (χ1n) is 6.67. The highest BCUT2D eigenvalue weighted by Gasteiger charge is 2.21. The fraction of sp³-hybridized carbons (Fsp3) is 0.267. The van der Waals surface area contributed by atoms with E-state index in [-0.39, 0.29) is 13.0 Å². The first-order valence-corrected chi connectivity index (χ1v) is 7.44. The van der Waals surface area contributed by atoms with Gasteiger partial charge in [-0.15, -0.1) is 0 Å². The number of carboxylic acid groups (broad SMARTS) is 1. The van der Waals surface area contributed by atoms with Gasteiger partial charge in [0.1, 0.15) is 6.61 Å². The van der Waals surface area contributed by atoms with Gasteiger partial charge in [0.05, 0.1) is 18.2 Å². The largest absolute Gasteiger partial charge is 0.481 e. The lowest BCUT2D eigenvalue weighted by Crippen LogP contribution is -2.30. The average molecular weight is 320 g/mol. The van der Waals surface area contributed by atoms with E-state index >= 15 is 0 Å². The van der Waals surface area contributed by atoms with Gasteiger partial charge in [0.2, 0.25) is 0 Å². The molecule has 2 aromatic rings. The van der Waals surface area contributed by atoms with E-state index in [4.69, 9.17) is 9.84 Å². The van der Waals surface area contributed by atoms with Crippen LogP contribution in [-0.4, -0.2) is 21.5 Å². The van der Waals surface area contributed by atoms with Crippen molar-refractivity contribution in [2.75, 3.05) is 0 Å². The Kier molecular flexibility index (Phi) is 5.48. The summed E-state index contributed by atoms with van der Waals surface area (Å²) in [5.74, 6) is -1.00. The third-order valence-corrected chi connectivity index (χ3v) is 3.87. The zero-order valence-corrected chi connectivity index (χ0v) is 12.8. The van der Waals surface area contributed by atoms with Crippen LogP contribution in [0.3, 0.4) is 0 Å². The van der Waals surface area contributed by atoms with Gasteiger partial charge in [-0.1, -0.05) is 30.3 Å². The molecule has 116 valence electrons. The van der Waals surface area contributed by atoms with E-state index in [0.717, 1.165) is 11.3 Å². The number of amides is 1. The van der Waals surface area contributed by atoms with Gasteiger partial charge < -0.3 is 15.2 Å². The molecular weight excluding hydrogens is 304 g/mol. The van der Waals surface area contributed by atoms with Crippen molar-refractivity contribution in [2.45, 2.75) is 26.0 Å². The standard InChI is InChI=1S/C15H16N2O4S/c1-10-7-13(22-17-10)12(8-14(18)19)16-15(20)21-9-11-5-3-2-4-6-11/h2-7,12H,8-9H2,1H3,(H,16,20)(H,18,19). The van der Waals surface area contributed by atoms with Crippen molar-refractivity contribution >= 4 is 23.6 Å². The Morgan fingerprint density at radius 2 is 2.09 bits per heavy atom. The number of aliphatic carboxylic acids is 1. The molecule has 1 amide bonds. The minimum Gasteiger partial charge on any atom is -0.481 e. The lowest BCUT2D eigenvalue weighted by molar-refractivity contribution is -0.137. The molecule has 0 spiro atoms. The predicted octanol–water partition coefficient (Wildman–Crippen LogP) is 2.89. The molecule has 0 aliphatic heterocycles. The molecule has 0 bridgehead atoms. The van der Waals surface area contributed by atoms with Gasteiger partial charge in [-0.3, -0.25) is 4.79 Å². The van der Waals surface area contributed by atoms with Gasteiger partial charge in [0.15, 0.2) is 0 Å². The summed E-state index contributed by atoms with van der Waals surface area (Å²) in [6, 6.07) is 10.4. The van der Waals surface area contributed by atoms with Crippen LogP contribution in [0.25, 0.3) is 0 Å². The fourth-order valence-electron chi connectivity index (χ4n) is 1.85. The zero-order chi connectivity index (χ0) is 15.9. The SMILES string of the molecule is Cc1cc(C(CC(=O)O)NC(=O)OCc2ccccc2)sn1. The minimum absolute atomic E-state index is 0.133. The second-order valence-corrected chi connectivity index (χ2v) is 5.56. The van der Waals surface area contributed by atoms with Crippen molar-refractivity contribution < 1.29 is 19.4 Å². The van der Waals surface area contributed by atoms with Gasteiger partial charge in [-0.25, -0.2) is 4.79 Å². The number of rotatable bonds is 6. The maximum atomic E-state index is 11.8. The molecule has 0 saturated heterocycles. The molecule has 2 N–H and O–H groups in total. The Labute approximate surface area is 131 Å². The Morgan fingerprint density at radius 3 is 2.68 bits per heavy atom. The highest BCUT2D eigenvalue weighted by atomic mass is 32.1. The summed E-state index contributed by atoms with van der Waals surface area (Å²) in [5.41, 5.74) is 1.65. The van der Waals surface area contributed by atoms with Crippen LogP contribution in [0, 0.1) is 6.92 Å². The van der Waals surface area contributed by atoms with Gasteiger partial charge in [0.25, 0.3) is 0 Å². The Bertz CT molecular complexity index is 642. The molecule has 7 heteroatoms. The second-order valence-electron chi connectivity index (χ2n) is 4.73. The Morgan fingerprint density at radius 1 is 1.36 bits per heavy atom. The lowest BCUT2D eigenvalue weighted by Gasteiger charge is -2.15. The highest BCUT2D eigenvalue weighted by molar-refractivity contribution is 7.05. The maximum absolute atomic E-state index is 11.8. The first-order chi connectivity index (χ1) is 10.5. The zero-order valence-electron chi connectivity index (χ0n) is 12.0. The Hall–Kier alpha value is -2.41. The quantitative estimate of drug-likeness (QED) is 0.854. The van der Waals surface area contributed by atoms with Crippen LogP contribution in [0.4, 0.5) is 4.79 Å². The molecule has 0 fully saturated rings. The summed E-state index contributed by atoms with van der Waals surface area (Å²) < 4.78 is 9.21. The topological polar surface area (TPSA) is 88.5 Å². The molecule has 6 nitrogen and oxygen atoms in total. The normalized spacial score (nSPS) is 11.7. The number of aryl methyl sites for hydroxylation is 1. The maximum Gasteiger partial charge on any atom is 0.407 e. The first kappa shape index (κ1) is 16.0. The van der Waals surface area contributed by atoms with E-state index in [9.17, 15) is 9.59 Å². The van der Waals surface area contributed by atoms with E-state index in [2.05, 4.69) is 9.69 Å². The molecule has 1 heterocycles. The molecule has 1 atom stereocenters. The smallest absolute Gasteiger partial charge is 0.407 e. The molecule has 0 aliphatic rings. The number of hydrogen-bond acceptors (Lipinski definition) is 5. The number of carbonyl (C=O) groups excluding carboxylic acids is 1. The molecule has 1 aromatic carbocycles. The predicted molar refractivity (Wildman–Crippen MR) is 81.6 cm³/mol. The molecule has 0 radical (unpaired) electrons. The van der Waals surface area contributed by atoms with Crippen LogP contribution in [-0.2, 0) is 16.1 Å². The van der Waals surface area contributed by atoms with E-state index in [0.29, 0.717) is 4.88 Å². The summed E-state index contributed by atoms with van der Waals surface area (Å²) in [6.45, 7) is 1.94. The molecule has 2 rings (SSSR count). The lowest BCUT2D eigenvalue weighted by atomic mass is 10.1. The van der Waals surface area contributed by atoms with Crippen molar-refractivity contribution in [3.63, 3.8) is 0 Å². The molecule has 0 aliphatic carbocycles. The van der Waals surface area contributed by atoms with Crippen LogP contribution in [0.15, 0.2) is 36.4 Å². The third-order valence-electron chi connectivity index (χ3n) is 2.87. The Balaban J connectivity index is 1.94. The number of carboxylic acids is 1. The number of alkyl carbamates (subject to hydrolysis) is 1. The summed E-state index contributed by atoms with van der Waals surface area (Å²) >= 11 is 1.17. The minimum atomic E-state index is -1.00. The highest BCUT2D eigenvalue weighted by Crippen LogP contribution is 2.22. The number of ether oxygens (including phenoxy) is 1. The number of carbonyl (C=O) groups is 2. The van der Waals surface area contributed by atoms with Crippen LogP contribution in [0.1, 0.15) is 28.6 Å². The van der Waals surface area contributed by atoms with E-state index < -0.39 is 18.1 Å². The number of benzene rings is 1. The number of hydrogen-bond donors (Lipinski definition) is 2. The van der Waals surface area contributed by atoms with Crippen molar-refractivity contribution in [1.82, 2.24) is 9.69 Å². The molecular formula is C15H16N2O4S. The summed E-state index contributed by atoms with van der Waals surface area (Å²) in [4.78, 5) is 23.5. The average Bonchev–Trinajstić information content (AvgIpc) is 2.92. The number of aromatic nitrogens is 1. The fourth-order valence-corrected chi connectivity index (χ4v) is 2.65. The van der Waals surface area contributed by atoms with E-state index in [1.807, 2.05) is 37.3 Å². The summed E-state index contributed by atoms with van der Waals surface area (Å²) in [7, 11) is 0. The van der Waals surface area contributed by atoms with Gasteiger partial charge in [-0.05, 0) is 30.1 Å². The van der Waals surface area contributed by atoms with E-state index in [1.54, 1.807) is 6.07 Å². The van der Waals surface area contributed by atoms with Gasteiger partial charge in [0, 0.05) is 4.88 Å². The van der Waals surface area contributed by atoms with Crippen LogP contribution in [0.5, 0.6) is 0 Å². The van der Waals surface area contributed by atoms with Crippen LogP contribution in [0.2, 0.25) is 0 Å². The summed E-state index contributed by atoms with van der Waals surface area (Å²) in [5, 5.41) is 11.5. The number of nitrogens with one attached hydrogen (secondary N) is 1. The van der Waals surface area contributed by atoms with Crippen molar-refractivity contribution in [2.24, 2.45) is 0 Å². The summed E-state index contributed by atoms with van der Waals surface area (Å²) in [6.07, 6.45) is -0.872. The molecule has 1 unspecified atom stereocenters. The van der Waals surface area contributed by atoms with Crippen LogP contribution >= 0.6 is 11.5 Å². The van der Waals surface area contributed by atoms with E-state index in [1.165, 1.54) is 11.5 Å². The monoisotopic (exact) mass is 320 g/mol. The van der Waals surface area contributed by atoms with Crippen molar-refractivity contribution in [1.29, 1.82) is 0 Å². The van der Waals surface area contributed by atoms with Crippen molar-refractivity contribution in [3.05, 3.63) is 52.5 Å². The molecule has 0 saturated carbocycles. The third kappa shape index (κ3) is 4.85. The van der Waals surface area contributed by atoms with Gasteiger partial charge >= 0.3 is 12.1 Å². The number of nitrogens with zero attached hydrogens (tertiary/aromatic N) is 1. The second kappa shape index (κ2) is 7.56. The van der Waals surface area contributed by atoms with Gasteiger partial charge in [-0.2, -0.15) is 4.37 Å². The van der Waals surface area contributed by atoms with Crippen LogP contribution < -0.4 is 5.32 Å². The van der Waals surface area contributed by atoms with Crippen molar-refractivity contribution in [3.8, 4) is 0 Å². The molecule has 22 heavy (non-hydrogen) atoms. The molecule has 1 aromatic heterocycles.